The van der Waals surface area contributed by atoms with Crippen LogP contribution < -0.4 is 0 Å². The van der Waals surface area contributed by atoms with Crippen LogP contribution in [0.1, 0.15) is 51.9 Å². The van der Waals surface area contributed by atoms with Crippen LogP contribution in [0.3, 0.4) is 0 Å². The van der Waals surface area contributed by atoms with E-state index in [2.05, 4.69) is 21.8 Å². The summed E-state index contributed by atoms with van der Waals surface area (Å²) in [5, 5.41) is 0. The number of carbonyl (C=O) groups excluding carboxylic acids is 2. The Kier molecular flexibility index (Phi) is 6.41. The third kappa shape index (κ3) is 4.30. The van der Waals surface area contributed by atoms with Gasteiger partial charge in [0.1, 0.15) is 0 Å². The summed E-state index contributed by atoms with van der Waals surface area (Å²) in [5.41, 5.74) is 2.34. The van der Waals surface area contributed by atoms with Crippen LogP contribution in [0.2, 0.25) is 0 Å². The van der Waals surface area contributed by atoms with Crippen molar-refractivity contribution in [1.82, 2.24) is 14.8 Å². The number of Topliss-reactive ketones (excluding diaryl/α,β-unsaturated/α-hetero) is 1. The molecule has 1 unspecified atom stereocenters. The van der Waals surface area contributed by atoms with Gasteiger partial charge in [0.2, 0.25) is 0 Å². The smallest absolute Gasteiger partial charge is 0.339 e. The van der Waals surface area contributed by atoms with E-state index in [9.17, 15) is 9.59 Å². The number of nitrogens with one attached hydrogen (secondary N) is 1. The van der Waals surface area contributed by atoms with Crippen molar-refractivity contribution in [3.63, 3.8) is 0 Å². The third-order valence-electron chi connectivity index (χ3n) is 5.50. The number of ketones is 1. The fourth-order valence-corrected chi connectivity index (χ4v) is 3.62. The lowest BCUT2D eigenvalue weighted by Crippen LogP contribution is -2.42. The Morgan fingerprint density at radius 1 is 1.32 bits per heavy atom. The maximum absolute atomic E-state index is 12.9. The topological polar surface area (TPSA) is 65.6 Å². The number of nitrogens with zero attached hydrogens (tertiary/aromatic N) is 2. The Hall–Kier alpha value is -1.66. The van der Waals surface area contributed by atoms with Gasteiger partial charge in [0, 0.05) is 12.2 Å². The SMILES string of the molecule is COC(=O)c1c(C)[nH]c(C(=O)C(C)N(C)CC2CCN(C)CC2)c1C. The standard InChI is InChI=1S/C19H31N3O3/c1-12-16(19(24)25-6)13(2)20-17(12)18(23)14(3)22(5)11-15-7-9-21(4)10-8-15/h14-15,20H,7-11H2,1-6H3. The number of aromatic nitrogens is 1. The van der Waals surface area contributed by atoms with Crippen LogP contribution in [-0.4, -0.2) is 73.4 Å². The normalized spacial score (nSPS) is 17.7. The van der Waals surface area contributed by atoms with E-state index in [4.69, 9.17) is 4.74 Å². The zero-order chi connectivity index (χ0) is 18.7. The lowest BCUT2D eigenvalue weighted by Gasteiger charge is -2.33. The Morgan fingerprint density at radius 3 is 2.48 bits per heavy atom. The monoisotopic (exact) mass is 349 g/mol. The molecule has 2 rings (SSSR count). The molecule has 1 aliphatic rings. The van der Waals surface area contributed by atoms with Gasteiger partial charge in [0.25, 0.3) is 0 Å². The number of esters is 1. The molecule has 1 aliphatic heterocycles. The highest BCUT2D eigenvalue weighted by Crippen LogP contribution is 2.22. The molecule has 1 aromatic rings. The number of rotatable bonds is 6. The molecule has 0 aliphatic carbocycles. The van der Waals surface area contributed by atoms with Crippen LogP contribution in [0.25, 0.3) is 0 Å². The Morgan fingerprint density at radius 2 is 1.92 bits per heavy atom. The van der Waals surface area contributed by atoms with Crippen LogP contribution in [0.4, 0.5) is 0 Å². The number of methoxy groups -OCH3 is 1. The highest BCUT2D eigenvalue weighted by molar-refractivity contribution is 6.03. The van der Waals surface area contributed by atoms with Gasteiger partial charge in [-0.1, -0.05) is 0 Å². The largest absolute Gasteiger partial charge is 0.465 e. The molecule has 0 radical (unpaired) electrons. The number of likely N-dealkylation sites (N-methyl/N-ethyl adjacent to an activating group) is 1. The fourth-order valence-electron chi connectivity index (χ4n) is 3.62. The van der Waals surface area contributed by atoms with Gasteiger partial charge in [-0.05, 0) is 72.3 Å². The second-order valence-electron chi connectivity index (χ2n) is 7.34. The van der Waals surface area contributed by atoms with Crippen LogP contribution in [0.5, 0.6) is 0 Å². The molecule has 0 bridgehead atoms. The van der Waals surface area contributed by atoms with Gasteiger partial charge in [-0.2, -0.15) is 0 Å². The number of aryl methyl sites for hydroxylation is 1. The molecule has 2 heterocycles. The van der Waals surface area contributed by atoms with Crippen molar-refractivity contribution in [1.29, 1.82) is 0 Å². The lowest BCUT2D eigenvalue weighted by atomic mass is 9.95. The van der Waals surface area contributed by atoms with E-state index in [1.54, 1.807) is 13.8 Å². The van der Waals surface area contributed by atoms with Gasteiger partial charge in [0.15, 0.2) is 5.78 Å². The first-order valence-electron chi connectivity index (χ1n) is 8.96. The maximum atomic E-state index is 12.9. The minimum Gasteiger partial charge on any atom is -0.465 e. The zero-order valence-electron chi connectivity index (χ0n) is 16.3. The fraction of sp³-hybridized carbons (Fsp3) is 0.684. The van der Waals surface area contributed by atoms with E-state index in [1.165, 1.54) is 20.0 Å². The molecule has 6 nitrogen and oxygen atoms in total. The van der Waals surface area contributed by atoms with Crippen molar-refractivity contribution in [2.75, 3.05) is 40.8 Å². The van der Waals surface area contributed by atoms with Crippen LogP contribution >= 0.6 is 0 Å². The highest BCUT2D eigenvalue weighted by Gasteiger charge is 2.28. The van der Waals surface area contributed by atoms with E-state index in [1.807, 2.05) is 14.0 Å². The van der Waals surface area contributed by atoms with E-state index in [-0.39, 0.29) is 11.8 Å². The summed E-state index contributed by atoms with van der Waals surface area (Å²) in [6.45, 7) is 8.69. The summed E-state index contributed by atoms with van der Waals surface area (Å²) in [6, 6.07) is -0.234. The van der Waals surface area contributed by atoms with Crippen molar-refractivity contribution in [3.05, 3.63) is 22.5 Å². The Bertz CT molecular complexity index is 630. The van der Waals surface area contributed by atoms with E-state index < -0.39 is 5.97 Å². The summed E-state index contributed by atoms with van der Waals surface area (Å²) in [7, 11) is 5.52. The summed E-state index contributed by atoms with van der Waals surface area (Å²) < 4.78 is 4.82. The van der Waals surface area contributed by atoms with E-state index in [0.29, 0.717) is 28.4 Å². The van der Waals surface area contributed by atoms with Crippen LogP contribution in [0.15, 0.2) is 0 Å². The predicted molar refractivity (Wildman–Crippen MR) is 98.2 cm³/mol. The molecule has 1 fully saturated rings. The number of hydrogen-bond acceptors (Lipinski definition) is 5. The molecule has 25 heavy (non-hydrogen) atoms. The second-order valence-corrected chi connectivity index (χ2v) is 7.34. The quantitative estimate of drug-likeness (QED) is 0.630. The summed E-state index contributed by atoms with van der Waals surface area (Å²) in [6.07, 6.45) is 2.35. The second kappa shape index (κ2) is 8.15. The lowest BCUT2D eigenvalue weighted by molar-refractivity contribution is 0.0599. The number of aromatic amines is 1. The molecule has 1 atom stereocenters. The third-order valence-corrected chi connectivity index (χ3v) is 5.50. The molecule has 1 N–H and O–H groups in total. The minimum absolute atomic E-state index is 0.0196. The van der Waals surface area contributed by atoms with Crippen LogP contribution in [0, 0.1) is 19.8 Å². The van der Waals surface area contributed by atoms with Gasteiger partial charge < -0.3 is 14.6 Å². The summed E-state index contributed by atoms with van der Waals surface area (Å²) >= 11 is 0. The Labute approximate surface area is 150 Å². The molecule has 140 valence electrons. The average molecular weight is 349 g/mol. The molecule has 6 heteroatoms. The summed E-state index contributed by atoms with van der Waals surface area (Å²) in [5.74, 6) is 0.248. The number of ether oxygens (including phenoxy) is 1. The molecule has 1 saturated heterocycles. The first kappa shape index (κ1) is 19.7. The molecular weight excluding hydrogens is 318 g/mol. The van der Waals surface area contributed by atoms with E-state index in [0.717, 1.165) is 19.6 Å². The molecule has 0 amide bonds. The predicted octanol–water partition coefficient (Wildman–Crippen LogP) is 2.26. The van der Waals surface area contributed by atoms with Gasteiger partial charge >= 0.3 is 5.97 Å². The minimum atomic E-state index is -0.405. The Balaban J connectivity index is 2.08. The maximum Gasteiger partial charge on any atom is 0.339 e. The van der Waals surface area contributed by atoms with Gasteiger partial charge in [0.05, 0.1) is 24.4 Å². The number of hydrogen-bond donors (Lipinski definition) is 1. The first-order valence-corrected chi connectivity index (χ1v) is 8.96. The van der Waals surface area contributed by atoms with Crippen LogP contribution in [-0.2, 0) is 4.74 Å². The van der Waals surface area contributed by atoms with Crippen molar-refractivity contribution in [2.45, 2.75) is 39.7 Å². The van der Waals surface area contributed by atoms with Gasteiger partial charge in [-0.15, -0.1) is 0 Å². The number of piperidine rings is 1. The molecule has 0 saturated carbocycles. The van der Waals surface area contributed by atoms with Crippen molar-refractivity contribution in [3.8, 4) is 0 Å². The van der Waals surface area contributed by atoms with Crippen molar-refractivity contribution < 1.29 is 14.3 Å². The molecular formula is C19H31N3O3. The van der Waals surface area contributed by atoms with E-state index >= 15 is 0 Å². The number of carbonyl (C=O) groups is 2. The van der Waals surface area contributed by atoms with Crippen molar-refractivity contribution >= 4 is 11.8 Å². The molecule has 1 aromatic heterocycles. The van der Waals surface area contributed by atoms with Gasteiger partial charge in [-0.3, -0.25) is 9.69 Å². The first-order chi connectivity index (χ1) is 11.8. The number of H-pyrrole nitrogens is 1. The zero-order valence-corrected chi connectivity index (χ0v) is 16.3. The molecule has 0 aromatic carbocycles. The highest BCUT2D eigenvalue weighted by atomic mass is 16.5. The number of likely N-dealkylation sites (tertiary alicyclic amines) is 1. The van der Waals surface area contributed by atoms with Gasteiger partial charge in [-0.25, -0.2) is 4.79 Å². The average Bonchev–Trinajstić information content (AvgIpc) is 2.89. The van der Waals surface area contributed by atoms with Crippen molar-refractivity contribution in [2.24, 2.45) is 5.92 Å². The summed E-state index contributed by atoms with van der Waals surface area (Å²) in [4.78, 5) is 32.4. The molecule has 0 spiro atoms.